The third-order valence-electron chi connectivity index (χ3n) is 6.52. The fourth-order valence-electron chi connectivity index (χ4n) is 4.83. The van der Waals surface area contributed by atoms with Crippen molar-refractivity contribution in [3.8, 4) is 0 Å². The summed E-state index contributed by atoms with van der Waals surface area (Å²) >= 11 is 0. The van der Waals surface area contributed by atoms with Crippen LogP contribution in [0.2, 0.25) is 0 Å². The average Bonchev–Trinajstić information content (AvgIpc) is 3.25. The molecule has 3 aliphatic rings. The van der Waals surface area contributed by atoms with Crippen molar-refractivity contribution in [2.75, 3.05) is 6.54 Å². The maximum atomic E-state index is 12.6. The van der Waals surface area contributed by atoms with Gasteiger partial charge in [-0.05, 0) is 62.1 Å². The second-order valence-electron chi connectivity index (χ2n) is 8.45. The van der Waals surface area contributed by atoms with Crippen LogP contribution in [-0.2, 0) is 22.4 Å². The predicted octanol–water partition coefficient (Wildman–Crippen LogP) is 3.00. The van der Waals surface area contributed by atoms with Crippen LogP contribution in [0.4, 0.5) is 4.79 Å². The fraction of sp³-hybridized carbons (Fsp3) is 0.591. The highest BCUT2D eigenvalue weighted by atomic mass is 16.2. The normalized spacial score (nSPS) is 21.5. The van der Waals surface area contributed by atoms with Gasteiger partial charge in [0.1, 0.15) is 5.54 Å². The number of rotatable bonds is 5. The highest BCUT2D eigenvalue weighted by molar-refractivity contribution is 6.07. The Morgan fingerprint density at radius 3 is 2.61 bits per heavy atom. The van der Waals surface area contributed by atoms with Crippen molar-refractivity contribution in [3.63, 3.8) is 0 Å². The van der Waals surface area contributed by atoms with Crippen molar-refractivity contribution in [1.82, 2.24) is 15.5 Å². The number of aryl methyl sites for hydroxylation is 2. The number of amides is 4. The zero-order valence-electron chi connectivity index (χ0n) is 16.6. The van der Waals surface area contributed by atoms with E-state index in [0.29, 0.717) is 12.8 Å². The van der Waals surface area contributed by atoms with Gasteiger partial charge >= 0.3 is 6.03 Å². The van der Waals surface area contributed by atoms with E-state index in [0.717, 1.165) is 31.2 Å². The monoisotopic (exact) mass is 383 g/mol. The number of nitrogens with zero attached hydrogens (tertiary/aromatic N) is 1. The van der Waals surface area contributed by atoms with E-state index in [2.05, 4.69) is 28.8 Å². The largest absolute Gasteiger partial charge is 0.350 e. The Morgan fingerprint density at radius 2 is 1.86 bits per heavy atom. The molecule has 1 spiro atoms. The van der Waals surface area contributed by atoms with Crippen LogP contribution in [0.1, 0.15) is 74.6 Å². The third-order valence-corrected chi connectivity index (χ3v) is 6.52. The Labute approximate surface area is 166 Å². The molecular formula is C22H29N3O3. The first kappa shape index (κ1) is 19.0. The van der Waals surface area contributed by atoms with Gasteiger partial charge in [0.25, 0.3) is 5.91 Å². The lowest BCUT2D eigenvalue weighted by Gasteiger charge is -2.21. The molecule has 1 aromatic carbocycles. The smallest absolute Gasteiger partial charge is 0.325 e. The lowest BCUT2D eigenvalue weighted by atomic mass is 9.89. The number of hydrogen-bond donors (Lipinski definition) is 2. The van der Waals surface area contributed by atoms with Crippen LogP contribution in [0.3, 0.4) is 0 Å². The molecule has 1 saturated heterocycles. The number of carbonyl (C=O) groups is 3. The number of fused-ring (bicyclic) bond motifs is 1. The molecule has 1 unspecified atom stereocenters. The second-order valence-corrected chi connectivity index (χ2v) is 8.45. The van der Waals surface area contributed by atoms with E-state index in [1.165, 1.54) is 28.9 Å². The highest BCUT2D eigenvalue weighted by Crippen LogP contribution is 2.35. The number of imide groups is 1. The van der Waals surface area contributed by atoms with Gasteiger partial charge in [-0.1, -0.05) is 31.0 Å². The van der Waals surface area contributed by atoms with E-state index >= 15 is 0 Å². The van der Waals surface area contributed by atoms with Crippen LogP contribution in [0.5, 0.6) is 0 Å². The lowest BCUT2D eigenvalue weighted by molar-refractivity contribution is -0.131. The summed E-state index contributed by atoms with van der Waals surface area (Å²) < 4.78 is 0. The summed E-state index contributed by atoms with van der Waals surface area (Å²) in [6, 6.07) is 6.03. The summed E-state index contributed by atoms with van der Waals surface area (Å²) in [6.45, 7) is 2.11. The van der Waals surface area contributed by atoms with Crippen molar-refractivity contribution >= 4 is 17.8 Å². The SMILES string of the molecule is CC(NC(=O)CCN1C(=O)NC2(CCCC2)C1=O)c1ccc2c(c1)CCCC2. The van der Waals surface area contributed by atoms with Gasteiger partial charge in [-0.15, -0.1) is 0 Å². The molecule has 150 valence electrons. The Kier molecular flexibility index (Phi) is 5.13. The van der Waals surface area contributed by atoms with E-state index in [9.17, 15) is 14.4 Å². The molecule has 1 saturated carbocycles. The fourth-order valence-corrected chi connectivity index (χ4v) is 4.83. The Balaban J connectivity index is 1.32. The molecule has 28 heavy (non-hydrogen) atoms. The van der Waals surface area contributed by atoms with Gasteiger partial charge in [-0.2, -0.15) is 0 Å². The van der Waals surface area contributed by atoms with E-state index in [4.69, 9.17) is 0 Å². The highest BCUT2D eigenvalue weighted by Gasteiger charge is 2.52. The lowest BCUT2D eigenvalue weighted by Crippen LogP contribution is -2.44. The Hall–Kier alpha value is -2.37. The third kappa shape index (κ3) is 3.52. The van der Waals surface area contributed by atoms with E-state index in [1.54, 1.807) is 0 Å². The maximum absolute atomic E-state index is 12.6. The van der Waals surface area contributed by atoms with Gasteiger partial charge < -0.3 is 10.6 Å². The quantitative estimate of drug-likeness (QED) is 0.767. The van der Waals surface area contributed by atoms with Crippen LogP contribution in [0.15, 0.2) is 18.2 Å². The molecule has 0 bridgehead atoms. The predicted molar refractivity (Wildman–Crippen MR) is 106 cm³/mol. The molecule has 2 fully saturated rings. The van der Waals surface area contributed by atoms with Crippen LogP contribution in [-0.4, -0.2) is 34.8 Å². The first-order valence-electron chi connectivity index (χ1n) is 10.5. The van der Waals surface area contributed by atoms with Crippen LogP contribution in [0, 0.1) is 0 Å². The molecule has 6 nitrogen and oxygen atoms in total. The zero-order chi connectivity index (χ0) is 19.7. The van der Waals surface area contributed by atoms with Crippen molar-refractivity contribution in [2.24, 2.45) is 0 Å². The molecule has 4 amide bonds. The maximum Gasteiger partial charge on any atom is 0.325 e. The molecule has 0 radical (unpaired) electrons. The molecule has 1 aliphatic heterocycles. The van der Waals surface area contributed by atoms with Crippen molar-refractivity contribution < 1.29 is 14.4 Å². The van der Waals surface area contributed by atoms with Crippen LogP contribution >= 0.6 is 0 Å². The topological polar surface area (TPSA) is 78.5 Å². The summed E-state index contributed by atoms with van der Waals surface area (Å²) in [4.78, 5) is 38.5. The van der Waals surface area contributed by atoms with E-state index in [1.807, 2.05) is 6.92 Å². The molecule has 4 rings (SSSR count). The number of carbonyl (C=O) groups excluding carboxylic acids is 3. The molecule has 1 heterocycles. The average molecular weight is 383 g/mol. The summed E-state index contributed by atoms with van der Waals surface area (Å²) in [5.74, 6) is -0.302. The number of benzene rings is 1. The number of urea groups is 1. The molecule has 2 aliphatic carbocycles. The molecule has 6 heteroatoms. The Morgan fingerprint density at radius 1 is 1.14 bits per heavy atom. The van der Waals surface area contributed by atoms with Crippen LogP contribution in [0.25, 0.3) is 0 Å². The van der Waals surface area contributed by atoms with E-state index in [-0.39, 0.29) is 36.9 Å². The summed E-state index contributed by atoms with van der Waals surface area (Å²) in [5, 5.41) is 5.86. The Bertz CT molecular complexity index is 798. The van der Waals surface area contributed by atoms with Gasteiger partial charge in [0, 0.05) is 13.0 Å². The molecule has 0 aromatic heterocycles. The van der Waals surface area contributed by atoms with E-state index < -0.39 is 5.54 Å². The minimum atomic E-state index is -0.704. The second kappa shape index (κ2) is 7.57. The molecule has 2 N–H and O–H groups in total. The van der Waals surface area contributed by atoms with Gasteiger partial charge in [0.05, 0.1) is 6.04 Å². The van der Waals surface area contributed by atoms with Crippen molar-refractivity contribution in [3.05, 3.63) is 34.9 Å². The van der Waals surface area contributed by atoms with Gasteiger partial charge in [-0.25, -0.2) is 4.79 Å². The summed E-state index contributed by atoms with van der Waals surface area (Å²) in [6.07, 6.45) is 8.18. The molecule has 1 aromatic rings. The molecule has 1 atom stereocenters. The van der Waals surface area contributed by atoms with Gasteiger partial charge in [0.15, 0.2) is 0 Å². The summed E-state index contributed by atoms with van der Waals surface area (Å²) in [5.41, 5.74) is 3.22. The standard InChI is InChI=1S/C22H29N3O3/c1-15(17-9-8-16-6-2-3-7-18(16)14-17)23-19(26)10-13-25-20(27)22(24-21(25)28)11-4-5-12-22/h8-9,14-15H,2-7,10-13H2,1H3,(H,23,26)(H,24,28). The summed E-state index contributed by atoms with van der Waals surface area (Å²) in [7, 11) is 0. The molecular weight excluding hydrogens is 354 g/mol. The first-order valence-corrected chi connectivity index (χ1v) is 10.5. The minimum Gasteiger partial charge on any atom is -0.350 e. The number of nitrogens with one attached hydrogen (secondary N) is 2. The van der Waals surface area contributed by atoms with Crippen molar-refractivity contribution in [2.45, 2.75) is 76.3 Å². The number of hydrogen-bond acceptors (Lipinski definition) is 3. The van der Waals surface area contributed by atoms with Gasteiger partial charge in [0.2, 0.25) is 5.91 Å². The van der Waals surface area contributed by atoms with Crippen LogP contribution < -0.4 is 10.6 Å². The van der Waals surface area contributed by atoms with Gasteiger partial charge in [-0.3, -0.25) is 14.5 Å². The first-order chi connectivity index (χ1) is 13.5. The zero-order valence-corrected chi connectivity index (χ0v) is 16.6. The minimum absolute atomic E-state index is 0.0935. The van der Waals surface area contributed by atoms with Crippen molar-refractivity contribution in [1.29, 1.82) is 0 Å².